The zero-order valence-electron chi connectivity index (χ0n) is 16.2. The molecule has 1 aromatic carbocycles. The standard InChI is InChI=1S/C21H26N2O5/c1-3-15-7-5-8-16(4-2)21(15)23-19(25)14-28-20(26)11-10-18(24)22-13-17-9-6-12-27-17/h5-9,12H,3-4,10-11,13-14H2,1-2H3,(H,22,24)(H,23,25). The van der Waals surface area contributed by atoms with Gasteiger partial charge in [-0.2, -0.15) is 0 Å². The molecule has 2 aromatic rings. The topological polar surface area (TPSA) is 97.6 Å². The number of hydrogen-bond donors (Lipinski definition) is 2. The van der Waals surface area contributed by atoms with Crippen LogP contribution < -0.4 is 10.6 Å². The smallest absolute Gasteiger partial charge is 0.306 e. The van der Waals surface area contributed by atoms with Gasteiger partial charge in [-0.1, -0.05) is 32.0 Å². The van der Waals surface area contributed by atoms with Crippen LogP contribution in [0.3, 0.4) is 0 Å². The van der Waals surface area contributed by atoms with E-state index in [4.69, 9.17) is 9.15 Å². The minimum Gasteiger partial charge on any atom is -0.467 e. The van der Waals surface area contributed by atoms with Crippen LogP contribution in [0.2, 0.25) is 0 Å². The summed E-state index contributed by atoms with van der Waals surface area (Å²) in [6.07, 6.45) is 2.99. The lowest BCUT2D eigenvalue weighted by Crippen LogP contribution is -2.25. The van der Waals surface area contributed by atoms with Crippen molar-refractivity contribution in [2.24, 2.45) is 0 Å². The van der Waals surface area contributed by atoms with Crippen LogP contribution in [0.15, 0.2) is 41.0 Å². The van der Waals surface area contributed by atoms with Crippen molar-refractivity contribution in [1.82, 2.24) is 5.32 Å². The first kappa shape index (κ1) is 21.2. The fourth-order valence-corrected chi connectivity index (χ4v) is 2.70. The number of aryl methyl sites for hydroxylation is 2. The van der Waals surface area contributed by atoms with Crippen LogP contribution >= 0.6 is 0 Å². The fourth-order valence-electron chi connectivity index (χ4n) is 2.70. The van der Waals surface area contributed by atoms with E-state index < -0.39 is 11.9 Å². The molecule has 0 saturated heterocycles. The molecule has 0 saturated carbocycles. The Kier molecular flexibility index (Phi) is 8.27. The molecule has 7 heteroatoms. The fraction of sp³-hybridized carbons (Fsp3) is 0.381. The molecule has 2 N–H and O–H groups in total. The summed E-state index contributed by atoms with van der Waals surface area (Å²) < 4.78 is 10.1. The van der Waals surface area contributed by atoms with E-state index in [-0.39, 0.29) is 31.9 Å². The second kappa shape index (κ2) is 10.9. The minimum atomic E-state index is -0.595. The first-order chi connectivity index (χ1) is 13.5. The zero-order chi connectivity index (χ0) is 20.4. The number of anilines is 1. The quantitative estimate of drug-likeness (QED) is 0.612. The monoisotopic (exact) mass is 386 g/mol. The molecule has 0 aliphatic carbocycles. The van der Waals surface area contributed by atoms with Gasteiger partial charge < -0.3 is 19.8 Å². The molecule has 0 fully saturated rings. The van der Waals surface area contributed by atoms with Crippen LogP contribution in [0, 0.1) is 0 Å². The van der Waals surface area contributed by atoms with Crippen molar-refractivity contribution in [3.63, 3.8) is 0 Å². The highest BCUT2D eigenvalue weighted by atomic mass is 16.5. The van der Waals surface area contributed by atoms with Crippen molar-refractivity contribution < 1.29 is 23.5 Å². The predicted octanol–water partition coefficient (Wildman–Crippen LogP) is 2.98. The second-order valence-corrected chi connectivity index (χ2v) is 6.22. The van der Waals surface area contributed by atoms with E-state index in [0.717, 1.165) is 29.7 Å². The molecular weight excluding hydrogens is 360 g/mol. The molecule has 2 amide bonds. The molecule has 1 heterocycles. The van der Waals surface area contributed by atoms with Gasteiger partial charge in [0.05, 0.1) is 19.2 Å². The molecular formula is C21H26N2O5. The normalized spacial score (nSPS) is 10.4. The molecule has 0 spiro atoms. The van der Waals surface area contributed by atoms with Crippen LogP contribution in [0.4, 0.5) is 5.69 Å². The summed E-state index contributed by atoms with van der Waals surface area (Å²) in [5, 5.41) is 5.47. The Morgan fingerprint density at radius 3 is 2.29 bits per heavy atom. The van der Waals surface area contributed by atoms with Gasteiger partial charge in [0.1, 0.15) is 5.76 Å². The number of rotatable bonds is 10. The van der Waals surface area contributed by atoms with E-state index in [1.54, 1.807) is 12.1 Å². The van der Waals surface area contributed by atoms with E-state index in [1.165, 1.54) is 6.26 Å². The molecule has 2 rings (SSSR count). The maximum Gasteiger partial charge on any atom is 0.306 e. The molecule has 0 aliphatic rings. The number of nitrogens with one attached hydrogen (secondary N) is 2. The van der Waals surface area contributed by atoms with Gasteiger partial charge in [0.15, 0.2) is 6.61 Å². The lowest BCUT2D eigenvalue weighted by molar-refractivity contribution is -0.148. The Bertz CT molecular complexity index is 777. The Morgan fingerprint density at radius 1 is 0.964 bits per heavy atom. The van der Waals surface area contributed by atoms with Gasteiger partial charge in [-0.15, -0.1) is 0 Å². The van der Waals surface area contributed by atoms with Crippen molar-refractivity contribution in [3.05, 3.63) is 53.5 Å². The summed E-state index contributed by atoms with van der Waals surface area (Å²) in [6.45, 7) is 3.91. The molecule has 0 aliphatic heterocycles. The van der Waals surface area contributed by atoms with Gasteiger partial charge in [0.2, 0.25) is 5.91 Å². The van der Waals surface area contributed by atoms with Crippen molar-refractivity contribution in [3.8, 4) is 0 Å². The summed E-state index contributed by atoms with van der Waals surface area (Å²) in [5.74, 6) is -0.650. The number of esters is 1. The third-order valence-electron chi connectivity index (χ3n) is 4.22. The first-order valence-corrected chi connectivity index (χ1v) is 9.38. The van der Waals surface area contributed by atoms with Crippen LogP contribution in [0.25, 0.3) is 0 Å². The first-order valence-electron chi connectivity index (χ1n) is 9.38. The highest BCUT2D eigenvalue weighted by Gasteiger charge is 2.13. The highest BCUT2D eigenvalue weighted by Crippen LogP contribution is 2.22. The molecule has 0 radical (unpaired) electrons. The van der Waals surface area contributed by atoms with Crippen LogP contribution in [0.5, 0.6) is 0 Å². The molecule has 7 nitrogen and oxygen atoms in total. The summed E-state index contributed by atoms with van der Waals surface area (Å²) >= 11 is 0. The van der Waals surface area contributed by atoms with Crippen LogP contribution in [0.1, 0.15) is 43.6 Å². The van der Waals surface area contributed by atoms with Gasteiger partial charge in [0, 0.05) is 12.1 Å². The van der Waals surface area contributed by atoms with E-state index in [2.05, 4.69) is 10.6 Å². The van der Waals surface area contributed by atoms with Gasteiger partial charge in [-0.3, -0.25) is 14.4 Å². The summed E-state index contributed by atoms with van der Waals surface area (Å²) in [6, 6.07) is 9.36. The van der Waals surface area contributed by atoms with Gasteiger partial charge >= 0.3 is 5.97 Å². The van der Waals surface area contributed by atoms with Crippen molar-refractivity contribution in [2.75, 3.05) is 11.9 Å². The SMILES string of the molecule is CCc1cccc(CC)c1NC(=O)COC(=O)CCC(=O)NCc1ccco1. The minimum absolute atomic E-state index is 0.0141. The third kappa shape index (κ3) is 6.57. The number of carbonyl (C=O) groups excluding carboxylic acids is 3. The third-order valence-corrected chi connectivity index (χ3v) is 4.22. The Morgan fingerprint density at radius 2 is 1.68 bits per heavy atom. The van der Waals surface area contributed by atoms with E-state index in [9.17, 15) is 14.4 Å². The summed E-state index contributed by atoms with van der Waals surface area (Å²) in [5.41, 5.74) is 2.85. The molecule has 0 unspecified atom stereocenters. The molecule has 28 heavy (non-hydrogen) atoms. The van der Waals surface area contributed by atoms with Gasteiger partial charge in [-0.05, 0) is 36.1 Å². The number of para-hydroxylation sites is 1. The highest BCUT2D eigenvalue weighted by molar-refractivity contribution is 5.94. The van der Waals surface area contributed by atoms with Crippen molar-refractivity contribution in [2.45, 2.75) is 46.1 Å². The molecule has 1 aromatic heterocycles. The molecule has 150 valence electrons. The number of amides is 2. The summed E-state index contributed by atoms with van der Waals surface area (Å²) in [7, 11) is 0. The Labute approximate surface area is 164 Å². The van der Waals surface area contributed by atoms with E-state index >= 15 is 0 Å². The maximum atomic E-state index is 12.1. The summed E-state index contributed by atoms with van der Waals surface area (Å²) in [4.78, 5) is 35.7. The average Bonchev–Trinajstić information content (AvgIpc) is 3.23. The number of ether oxygens (including phenoxy) is 1. The van der Waals surface area contributed by atoms with E-state index in [1.807, 2.05) is 32.0 Å². The van der Waals surface area contributed by atoms with Crippen molar-refractivity contribution in [1.29, 1.82) is 0 Å². The Balaban J connectivity index is 1.72. The lowest BCUT2D eigenvalue weighted by Gasteiger charge is -2.14. The molecule has 0 atom stereocenters. The second-order valence-electron chi connectivity index (χ2n) is 6.22. The number of furan rings is 1. The number of carbonyl (C=O) groups is 3. The zero-order valence-corrected chi connectivity index (χ0v) is 16.2. The van der Waals surface area contributed by atoms with Crippen LogP contribution in [-0.4, -0.2) is 24.4 Å². The maximum absolute atomic E-state index is 12.1. The Hall–Kier alpha value is -3.09. The number of hydrogen-bond acceptors (Lipinski definition) is 5. The molecule has 0 bridgehead atoms. The predicted molar refractivity (Wildman–Crippen MR) is 105 cm³/mol. The van der Waals surface area contributed by atoms with Gasteiger partial charge in [-0.25, -0.2) is 0 Å². The van der Waals surface area contributed by atoms with Crippen molar-refractivity contribution >= 4 is 23.5 Å². The average molecular weight is 386 g/mol. The lowest BCUT2D eigenvalue weighted by atomic mass is 10.0. The largest absolute Gasteiger partial charge is 0.467 e. The number of benzene rings is 1. The van der Waals surface area contributed by atoms with Gasteiger partial charge in [0.25, 0.3) is 5.91 Å². The van der Waals surface area contributed by atoms with Crippen LogP contribution in [-0.2, 0) is 38.5 Å². The van der Waals surface area contributed by atoms with E-state index in [0.29, 0.717) is 5.76 Å².